The van der Waals surface area contributed by atoms with Crippen LogP contribution in [0, 0.1) is 5.82 Å². The first-order valence-corrected chi connectivity index (χ1v) is 7.99. The van der Waals surface area contributed by atoms with E-state index in [1.165, 1.54) is 18.2 Å². The molecule has 2 amide bonds. The average molecular weight is 352 g/mol. The van der Waals surface area contributed by atoms with E-state index in [0.29, 0.717) is 29.2 Å². The van der Waals surface area contributed by atoms with Crippen molar-refractivity contribution < 1.29 is 18.7 Å². The number of hydrogen-bond acceptors (Lipinski definition) is 3. The summed E-state index contributed by atoms with van der Waals surface area (Å²) in [6.07, 6.45) is 4.60. The van der Waals surface area contributed by atoms with E-state index in [2.05, 4.69) is 11.9 Å². The number of carbonyl (C=O) groups is 2. The molecule has 0 fully saturated rings. The molecule has 3 rings (SSSR count). The maximum Gasteiger partial charge on any atom is 0.265 e. The van der Waals surface area contributed by atoms with Crippen LogP contribution in [0.25, 0.3) is 6.08 Å². The van der Waals surface area contributed by atoms with E-state index in [0.717, 1.165) is 0 Å². The highest BCUT2D eigenvalue weighted by molar-refractivity contribution is 6.03. The number of fused-ring (bicyclic) bond motifs is 1. The zero-order valence-corrected chi connectivity index (χ0v) is 13.9. The van der Waals surface area contributed by atoms with E-state index in [1.54, 1.807) is 47.4 Å². The fourth-order valence-electron chi connectivity index (χ4n) is 2.54. The fourth-order valence-corrected chi connectivity index (χ4v) is 2.54. The third-order valence-corrected chi connectivity index (χ3v) is 3.78. The molecule has 1 heterocycles. The minimum absolute atomic E-state index is 0.0529. The lowest BCUT2D eigenvalue weighted by Gasteiger charge is -2.28. The number of halogens is 1. The lowest BCUT2D eigenvalue weighted by atomic mass is 10.2. The third kappa shape index (κ3) is 3.97. The summed E-state index contributed by atoms with van der Waals surface area (Å²) >= 11 is 0. The zero-order valence-electron chi connectivity index (χ0n) is 13.9. The van der Waals surface area contributed by atoms with E-state index < -0.39 is 0 Å². The SMILES string of the molecule is C=CCN1C(=O)COc2cc(NC(=O)/C=C/c3ccc(F)cc3)ccc21. The van der Waals surface area contributed by atoms with Crippen LogP contribution in [0.2, 0.25) is 0 Å². The molecule has 2 aromatic rings. The van der Waals surface area contributed by atoms with Gasteiger partial charge < -0.3 is 15.0 Å². The summed E-state index contributed by atoms with van der Waals surface area (Å²) < 4.78 is 18.3. The molecule has 132 valence electrons. The van der Waals surface area contributed by atoms with Crippen LogP contribution in [0.5, 0.6) is 5.75 Å². The van der Waals surface area contributed by atoms with E-state index >= 15 is 0 Å². The van der Waals surface area contributed by atoms with Gasteiger partial charge in [0.25, 0.3) is 5.91 Å². The molecular formula is C20H17FN2O3. The molecule has 0 unspecified atom stereocenters. The number of ether oxygens (including phenoxy) is 1. The van der Waals surface area contributed by atoms with Gasteiger partial charge in [-0.25, -0.2) is 4.39 Å². The molecule has 5 nitrogen and oxygen atoms in total. The molecule has 0 aliphatic carbocycles. The molecule has 0 aromatic heterocycles. The summed E-state index contributed by atoms with van der Waals surface area (Å²) in [5.41, 5.74) is 1.90. The molecule has 0 radical (unpaired) electrons. The quantitative estimate of drug-likeness (QED) is 0.663. The van der Waals surface area contributed by atoms with Gasteiger partial charge in [-0.2, -0.15) is 0 Å². The van der Waals surface area contributed by atoms with Gasteiger partial charge in [-0.3, -0.25) is 9.59 Å². The highest BCUT2D eigenvalue weighted by atomic mass is 19.1. The van der Waals surface area contributed by atoms with Crippen LogP contribution in [-0.4, -0.2) is 25.0 Å². The van der Waals surface area contributed by atoms with Crippen LogP contribution in [0.3, 0.4) is 0 Å². The molecule has 26 heavy (non-hydrogen) atoms. The second kappa shape index (κ2) is 7.65. The number of benzene rings is 2. The van der Waals surface area contributed by atoms with Crippen molar-refractivity contribution in [1.82, 2.24) is 0 Å². The number of anilines is 2. The van der Waals surface area contributed by atoms with Crippen molar-refractivity contribution in [3.05, 3.63) is 72.6 Å². The smallest absolute Gasteiger partial charge is 0.265 e. The molecule has 1 aliphatic heterocycles. The first kappa shape index (κ1) is 17.4. The number of rotatable bonds is 5. The minimum Gasteiger partial charge on any atom is -0.481 e. The van der Waals surface area contributed by atoms with Crippen molar-refractivity contribution in [1.29, 1.82) is 0 Å². The zero-order chi connectivity index (χ0) is 18.5. The number of nitrogens with zero attached hydrogens (tertiary/aromatic N) is 1. The first-order valence-electron chi connectivity index (χ1n) is 7.99. The van der Waals surface area contributed by atoms with E-state index in [-0.39, 0.29) is 24.2 Å². The number of amides is 2. The molecule has 1 N–H and O–H groups in total. The molecule has 2 aromatic carbocycles. The molecule has 1 aliphatic rings. The third-order valence-electron chi connectivity index (χ3n) is 3.78. The Bertz CT molecular complexity index is 875. The lowest BCUT2D eigenvalue weighted by molar-refractivity contribution is -0.121. The second-order valence-corrected chi connectivity index (χ2v) is 5.64. The number of nitrogens with one attached hydrogen (secondary N) is 1. The Kier molecular flexibility index (Phi) is 5.12. The van der Waals surface area contributed by atoms with Crippen LogP contribution in [-0.2, 0) is 9.59 Å². The van der Waals surface area contributed by atoms with Crippen LogP contribution in [0.4, 0.5) is 15.8 Å². The topological polar surface area (TPSA) is 58.6 Å². The van der Waals surface area contributed by atoms with Gasteiger partial charge in [-0.05, 0) is 35.9 Å². The largest absolute Gasteiger partial charge is 0.481 e. The van der Waals surface area contributed by atoms with E-state index in [1.807, 2.05) is 0 Å². The monoisotopic (exact) mass is 352 g/mol. The summed E-state index contributed by atoms with van der Waals surface area (Å²) in [5.74, 6) is -0.281. The highest BCUT2D eigenvalue weighted by Crippen LogP contribution is 2.34. The molecule has 0 saturated carbocycles. The van der Waals surface area contributed by atoms with Gasteiger partial charge in [-0.1, -0.05) is 18.2 Å². The van der Waals surface area contributed by atoms with Gasteiger partial charge in [0.2, 0.25) is 5.91 Å². The van der Waals surface area contributed by atoms with Crippen molar-refractivity contribution in [2.75, 3.05) is 23.4 Å². The predicted molar refractivity (Wildman–Crippen MR) is 98.6 cm³/mol. The van der Waals surface area contributed by atoms with Crippen molar-refractivity contribution in [2.24, 2.45) is 0 Å². The summed E-state index contributed by atoms with van der Waals surface area (Å²) in [4.78, 5) is 25.5. The highest BCUT2D eigenvalue weighted by Gasteiger charge is 2.24. The van der Waals surface area contributed by atoms with E-state index in [9.17, 15) is 14.0 Å². The van der Waals surface area contributed by atoms with Crippen molar-refractivity contribution in [3.63, 3.8) is 0 Å². The second-order valence-electron chi connectivity index (χ2n) is 5.64. The molecule has 0 saturated heterocycles. The fraction of sp³-hybridized carbons (Fsp3) is 0.100. The summed E-state index contributed by atoms with van der Waals surface area (Å²) in [6, 6.07) is 10.9. The molecule has 6 heteroatoms. The predicted octanol–water partition coefficient (Wildman–Crippen LogP) is 3.39. The van der Waals surface area contributed by atoms with Gasteiger partial charge >= 0.3 is 0 Å². The Morgan fingerprint density at radius 1 is 1.27 bits per heavy atom. The molecule has 0 atom stereocenters. The Hall–Kier alpha value is -3.41. The number of hydrogen-bond donors (Lipinski definition) is 1. The van der Waals surface area contributed by atoms with Crippen LogP contribution in [0.1, 0.15) is 5.56 Å². The van der Waals surface area contributed by atoms with Crippen LogP contribution >= 0.6 is 0 Å². The van der Waals surface area contributed by atoms with Gasteiger partial charge in [0.1, 0.15) is 11.6 Å². The average Bonchev–Trinajstić information content (AvgIpc) is 2.64. The summed E-state index contributed by atoms with van der Waals surface area (Å²) in [6.45, 7) is 3.99. The Morgan fingerprint density at radius 2 is 2.04 bits per heavy atom. The lowest BCUT2D eigenvalue weighted by Crippen LogP contribution is -2.38. The Balaban J connectivity index is 1.70. The standard InChI is InChI=1S/C20H17FN2O3/c1-2-11-23-17-9-8-16(12-18(17)26-13-20(23)25)22-19(24)10-5-14-3-6-15(21)7-4-14/h2-10,12H,1,11,13H2,(H,22,24)/b10-5+. The summed E-state index contributed by atoms with van der Waals surface area (Å²) in [7, 11) is 0. The summed E-state index contributed by atoms with van der Waals surface area (Å²) in [5, 5.41) is 2.73. The maximum absolute atomic E-state index is 12.9. The van der Waals surface area contributed by atoms with Gasteiger partial charge in [0, 0.05) is 24.4 Å². The van der Waals surface area contributed by atoms with Gasteiger partial charge in [-0.15, -0.1) is 6.58 Å². The Morgan fingerprint density at radius 3 is 2.77 bits per heavy atom. The number of carbonyl (C=O) groups excluding carboxylic acids is 2. The first-order chi connectivity index (χ1) is 12.6. The molecule has 0 spiro atoms. The van der Waals surface area contributed by atoms with Gasteiger partial charge in [0.05, 0.1) is 5.69 Å². The van der Waals surface area contributed by atoms with Crippen LogP contribution in [0.15, 0.2) is 61.2 Å². The van der Waals surface area contributed by atoms with Crippen molar-refractivity contribution >= 4 is 29.3 Å². The van der Waals surface area contributed by atoms with Crippen molar-refractivity contribution in [2.45, 2.75) is 0 Å². The molecule has 0 bridgehead atoms. The van der Waals surface area contributed by atoms with Crippen LogP contribution < -0.4 is 15.0 Å². The minimum atomic E-state index is -0.330. The molecular weight excluding hydrogens is 335 g/mol. The van der Waals surface area contributed by atoms with Gasteiger partial charge in [0.15, 0.2) is 6.61 Å². The Labute approximate surface area is 150 Å². The maximum atomic E-state index is 12.9. The van der Waals surface area contributed by atoms with E-state index in [4.69, 9.17) is 4.74 Å². The van der Waals surface area contributed by atoms with Crippen molar-refractivity contribution in [3.8, 4) is 5.75 Å². The normalized spacial score (nSPS) is 13.3.